The lowest BCUT2D eigenvalue weighted by Crippen LogP contribution is -2.48. The number of hydrogen-bond donors (Lipinski definition) is 0. The van der Waals surface area contributed by atoms with Crippen LogP contribution < -0.4 is 0 Å². The van der Waals surface area contributed by atoms with Gasteiger partial charge in [0.15, 0.2) is 14.1 Å². The van der Waals surface area contributed by atoms with E-state index in [0.29, 0.717) is 10.2 Å². The summed E-state index contributed by atoms with van der Waals surface area (Å²) in [5, 5.41) is 0.217. The number of Topliss-reactive ketones (excluding diaryl/α,β-unsaturated/α-hetero) is 1. The molecule has 0 saturated heterocycles. The van der Waals surface area contributed by atoms with Crippen LogP contribution in [0, 0.1) is 5.92 Å². The van der Waals surface area contributed by atoms with Gasteiger partial charge in [-0.2, -0.15) is 0 Å². The monoisotopic (exact) mass is 369 g/mol. The van der Waals surface area contributed by atoms with Gasteiger partial charge in [0.05, 0.1) is 5.56 Å². The van der Waals surface area contributed by atoms with E-state index in [1.165, 1.54) is 0 Å². The van der Waals surface area contributed by atoms with Crippen molar-refractivity contribution >= 4 is 30.0 Å². The van der Waals surface area contributed by atoms with Crippen molar-refractivity contribution in [3.05, 3.63) is 28.5 Å². The van der Waals surface area contributed by atoms with E-state index in [1.54, 1.807) is 12.3 Å². The van der Waals surface area contributed by atoms with Gasteiger partial charge in [-0.3, -0.25) is 4.79 Å². The summed E-state index contributed by atoms with van der Waals surface area (Å²) in [6.45, 7) is 11.3. The van der Waals surface area contributed by atoms with Crippen molar-refractivity contribution in [3.63, 3.8) is 0 Å². The highest BCUT2D eigenvalue weighted by molar-refractivity contribution is 9.10. The van der Waals surface area contributed by atoms with Crippen molar-refractivity contribution in [3.8, 4) is 0 Å². The van der Waals surface area contributed by atoms with Crippen LogP contribution in [-0.4, -0.2) is 25.2 Å². The number of hydrogen-bond acceptors (Lipinski definition) is 3. The van der Waals surface area contributed by atoms with Crippen LogP contribution in [-0.2, 0) is 4.43 Å². The van der Waals surface area contributed by atoms with E-state index in [-0.39, 0.29) is 22.8 Å². The van der Waals surface area contributed by atoms with Gasteiger partial charge >= 0.3 is 0 Å². The highest BCUT2D eigenvalue weighted by atomic mass is 79.9. The molecule has 0 spiro atoms. The third-order valence-electron chi connectivity index (χ3n) is 4.76. The third-order valence-corrected chi connectivity index (χ3v) is 9.92. The summed E-state index contributed by atoms with van der Waals surface area (Å²) in [7, 11) is -1.73. The molecule has 1 aliphatic rings. The second-order valence-electron chi connectivity index (χ2n) is 7.37. The standard InChI is InChI=1S/C16H24BrNO2Si/c1-16(2,3)21(4,5)20-12-9-11(10-12)14(19)13-7-6-8-18-15(13)17/h6-8,11-12H,9-10H2,1-5H3. The molecule has 1 aromatic rings. The first-order valence-corrected chi connectivity index (χ1v) is 11.1. The van der Waals surface area contributed by atoms with Gasteiger partial charge in [0.1, 0.15) is 4.60 Å². The third kappa shape index (κ3) is 3.63. The molecule has 21 heavy (non-hydrogen) atoms. The van der Waals surface area contributed by atoms with Crippen molar-refractivity contribution < 1.29 is 9.22 Å². The van der Waals surface area contributed by atoms with Gasteiger partial charge in [0, 0.05) is 18.2 Å². The molecular weight excluding hydrogens is 346 g/mol. The summed E-state index contributed by atoms with van der Waals surface area (Å²) in [5.41, 5.74) is 0.688. The minimum absolute atomic E-state index is 0.0836. The van der Waals surface area contributed by atoms with E-state index in [4.69, 9.17) is 4.43 Å². The van der Waals surface area contributed by atoms with E-state index in [0.717, 1.165) is 12.8 Å². The molecule has 0 radical (unpaired) electrons. The number of carbonyl (C=O) groups is 1. The lowest BCUT2D eigenvalue weighted by molar-refractivity contribution is 0.0428. The van der Waals surface area contributed by atoms with Crippen molar-refractivity contribution in [2.45, 2.75) is 57.8 Å². The van der Waals surface area contributed by atoms with E-state index in [1.807, 2.05) is 6.07 Å². The molecule has 0 aromatic carbocycles. The van der Waals surface area contributed by atoms with Crippen molar-refractivity contribution in [2.75, 3.05) is 0 Å². The van der Waals surface area contributed by atoms with Crippen LogP contribution in [0.25, 0.3) is 0 Å². The van der Waals surface area contributed by atoms with E-state index in [9.17, 15) is 4.79 Å². The van der Waals surface area contributed by atoms with Crippen LogP contribution in [0.1, 0.15) is 44.0 Å². The molecule has 3 nitrogen and oxygen atoms in total. The zero-order valence-electron chi connectivity index (χ0n) is 13.4. The first-order valence-electron chi connectivity index (χ1n) is 7.44. The Bertz CT molecular complexity index is 533. The maximum Gasteiger partial charge on any atom is 0.192 e. The maximum atomic E-state index is 12.4. The number of halogens is 1. The predicted molar refractivity (Wildman–Crippen MR) is 91.1 cm³/mol. The zero-order chi connectivity index (χ0) is 15.8. The molecule has 0 bridgehead atoms. The molecule has 0 amide bonds. The van der Waals surface area contributed by atoms with E-state index < -0.39 is 8.32 Å². The fourth-order valence-corrected chi connectivity index (χ4v) is 4.08. The molecule has 116 valence electrons. The Balaban J connectivity index is 1.93. The molecule has 0 atom stereocenters. The average Bonchev–Trinajstić information content (AvgIpc) is 2.31. The summed E-state index contributed by atoms with van der Waals surface area (Å²) < 4.78 is 6.99. The summed E-state index contributed by atoms with van der Waals surface area (Å²) in [6, 6.07) is 3.64. The van der Waals surface area contributed by atoms with E-state index >= 15 is 0 Å². The molecule has 1 aliphatic carbocycles. The molecule has 1 saturated carbocycles. The van der Waals surface area contributed by atoms with Gasteiger partial charge in [-0.1, -0.05) is 20.8 Å². The largest absolute Gasteiger partial charge is 0.414 e. The lowest BCUT2D eigenvalue weighted by atomic mass is 9.78. The first-order chi connectivity index (χ1) is 9.62. The zero-order valence-corrected chi connectivity index (χ0v) is 16.0. The SMILES string of the molecule is CC(C)(C)[Si](C)(C)OC1CC(C(=O)c2cccnc2Br)C1. The van der Waals surface area contributed by atoms with Gasteiger partial charge in [-0.15, -0.1) is 0 Å². The minimum atomic E-state index is -1.73. The topological polar surface area (TPSA) is 39.2 Å². The van der Waals surface area contributed by atoms with Gasteiger partial charge in [-0.05, 0) is 59.0 Å². The Kier molecular flexibility index (Phi) is 4.76. The Labute approximate surface area is 136 Å². The molecule has 1 fully saturated rings. The average molecular weight is 370 g/mol. The predicted octanol–water partition coefficient (Wildman–Crippen LogP) is 4.83. The van der Waals surface area contributed by atoms with Crippen LogP contribution in [0.3, 0.4) is 0 Å². The second kappa shape index (κ2) is 5.93. The van der Waals surface area contributed by atoms with Gasteiger partial charge in [-0.25, -0.2) is 4.98 Å². The fourth-order valence-electron chi connectivity index (χ4n) is 2.26. The normalized spacial score (nSPS) is 22.8. The van der Waals surface area contributed by atoms with Gasteiger partial charge in [0.25, 0.3) is 0 Å². The number of rotatable bonds is 4. The Morgan fingerprint density at radius 1 is 1.38 bits per heavy atom. The molecule has 1 heterocycles. The number of ketones is 1. The Hall–Kier alpha value is -0.523. The summed E-state index contributed by atoms with van der Waals surface area (Å²) in [6.07, 6.45) is 3.61. The Morgan fingerprint density at radius 3 is 2.52 bits per heavy atom. The van der Waals surface area contributed by atoms with Gasteiger partial charge in [0.2, 0.25) is 0 Å². The van der Waals surface area contributed by atoms with E-state index in [2.05, 4.69) is 54.8 Å². The van der Waals surface area contributed by atoms with Crippen LogP contribution in [0.5, 0.6) is 0 Å². The number of pyridine rings is 1. The highest BCUT2D eigenvalue weighted by Gasteiger charge is 2.44. The van der Waals surface area contributed by atoms with Crippen LogP contribution >= 0.6 is 15.9 Å². The summed E-state index contributed by atoms with van der Waals surface area (Å²) in [4.78, 5) is 16.6. The molecule has 2 rings (SSSR count). The van der Waals surface area contributed by atoms with Crippen LogP contribution in [0.15, 0.2) is 22.9 Å². The summed E-state index contributed by atoms with van der Waals surface area (Å²) in [5.74, 6) is 0.269. The second-order valence-corrected chi connectivity index (χ2v) is 12.9. The molecule has 0 unspecified atom stereocenters. The maximum absolute atomic E-state index is 12.4. The first kappa shape index (κ1) is 16.8. The van der Waals surface area contributed by atoms with Crippen LogP contribution in [0.2, 0.25) is 18.1 Å². The number of aromatic nitrogens is 1. The summed E-state index contributed by atoms with van der Waals surface area (Å²) >= 11 is 3.35. The minimum Gasteiger partial charge on any atom is -0.414 e. The van der Waals surface area contributed by atoms with Crippen molar-refractivity contribution in [2.24, 2.45) is 5.92 Å². The molecule has 1 aromatic heterocycles. The van der Waals surface area contributed by atoms with Gasteiger partial charge < -0.3 is 4.43 Å². The van der Waals surface area contributed by atoms with Crippen molar-refractivity contribution in [1.29, 1.82) is 0 Å². The lowest BCUT2D eigenvalue weighted by Gasteiger charge is -2.44. The number of carbonyl (C=O) groups excluding carboxylic acids is 1. The Morgan fingerprint density at radius 2 is 2.00 bits per heavy atom. The molecular formula is C16H24BrNO2Si. The smallest absolute Gasteiger partial charge is 0.192 e. The quantitative estimate of drug-likeness (QED) is 0.433. The molecule has 0 aliphatic heterocycles. The molecule has 0 N–H and O–H groups in total. The van der Waals surface area contributed by atoms with Crippen molar-refractivity contribution in [1.82, 2.24) is 4.98 Å². The molecule has 5 heteroatoms. The highest BCUT2D eigenvalue weighted by Crippen LogP contribution is 2.42. The van der Waals surface area contributed by atoms with Crippen LogP contribution in [0.4, 0.5) is 0 Å². The number of nitrogens with zero attached hydrogens (tertiary/aromatic N) is 1. The fraction of sp³-hybridized carbons (Fsp3) is 0.625.